The van der Waals surface area contributed by atoms with Gasteiger partial charge in [-0.1, -0.05) is 30.0 Å². The number of hydrogen-bond donors (Lipinski definition) is 0. The summed E-state index contributed by atoms with van der Waals surface area (Å²) in [6.07, 6.45) is 0.637. The summed E-state index contributed by atoms with van der Waals surface area (Å²) >= 11 is 0. The summed E-state index contributed by atoms with van der Waals surface area (Å²) in [6.45, 7) is 6.07. The molecule has 1 aromatic rings. The van der Waals surface area contributed by atoms with Crippen LogP contribution in [0.5, 0.6) is 5.75 Å². The summed E-state index contributed by atoms with van der Waals surface area (Å²) in [5, 5.41) is 0. The molecule has 1 aromatic carbocycles. The van der Waals surface area contributed by atoms with E-state index in [-0.39, 0.29) is 25.2 Å². The minimum atomic E-state index is -3.56. The number of ether oxygens (including phenoxy) is 2. The average molecular weight is 340 g/mol. The van der Waals surface area contributed by atoms with Crippen LogP contribution in [-0.2, 0) is 19.0 Å². The van der Waals surface area contributed by atoms with Gasteiger partial charge in [0.05, 0.1) is 18.5 Å². The molecule has 0 aromatic heterocycles. The predicted molar refractivity (Wildman–Crippen MR) is 89.8 cm³/mol. The third-order valence-electron chi connectivity index (χ3n) is 2.52. The van der Waals surface area contributed by atoms with E-state index in [0.29, 0.717) is 0 Å². The highest BCUT2D eigenvalue weighted by Crippen LogP contribution is 2.11. The van der Waals surface area contributed by atoms with Crippen molar-refractivity contribution >= 4 is 10.1 Å². The molecule has 1 rings (SSSR count). The van der Waals surface area contributed by atoms with Gasteiger partial charge in [-0.25, -0.2) is 0 Å². The molecule has 0 N–H and O–H groups in total. The van der Waals surface area contributed by atoms with E-state index < -0.39 is 16.2 Å². The van der Waals surface area contributed by atoms with Gasteiger partial charge in [-0.15, -0.1) is 0 Å². The number of para-hydroxylation sites is 1. The van der Waals surface area contributed by atoms with Crippen LogP contribution in [0.3, 0.4) is 0 Å². The maximum absolute atomic E-state index is 11.3. The summed E-state index contributed by atoms with van der Waals surface area (Å²) < 4.78 is 38.6. The molecule has 0 spiro atoms. The van der Waals surface area contributed by atoms with Crippen molar-refractivity contribution in [3.63, 3.8) is 0 Å². The molecule has 0 aliphatic rings. The summed E-state index contributed by atoms with van der Waals surface area (Å²) in [5.74, 6) is 6.45. The normalized spacial score (nSPS) is 13.0. The van der Waals surface area contributed by atoms with E-state index in [9.17, 15) is 8.42 Å². The topological polar surface area (TPSA) is 61.8 Å². The first kappa shape index (κ1) is 19.5. The Labute approximate surface area is 139 Å². The zero-order valence-corrected chi connectivity index (χ0v) is 14.9. The second-order valence-corrected chi connectivity index (χ2v) is 7.61. The largest absolute Gasteiger partial charge is 0.481 e. The first-order chi connectivity index (χ1) is 10.7. The Bertz CT molecular complexity index is 620. The van der Waals surface area contributed by atoms with Crippen molar-refractivity contribution in [3.8, 4) is 17.6 Å². The summed E-state index contributed by atoms with van der Waals surface area (Å²) in [4.78, 5) is 0. The molecule has 1 atom stereocenters. The quantitative estimate of drug-likeness (QED) is 0.564. The molecule has 128 valence electrons. The molecule has 0 amide bonds. The predicted octanol–water partition coefficient (Wildman–Crippen LogP) is 2.62. The Morgan fingerprint density at radius 1 is 1.13 bits per heavy atom. The lowest BCUT2D eigenvalue weighted by molar-refractivity contribution is -0.0390. The van der Waals surface area contributed by atoms with Crippen LogP contribution in [0.4, 0.5) is 0 Å². The van der Waals surface area contributed by atoms with Crippen molar-refractivity contribution in [1.29, 1.82) is 0 Å². The maximum Gasteiger partial charge on any atom is 0.264 e. The molecule has 0 fully saturated rings. The van der Waals surface area contributed by atoms with E-state index in [1.165, 1.54) is 0 Å². The van der Waals surface area contributed by atoms with E-state index in [1.807, 2.05) is 51.1 Å². The lowest BCUT2D eigenvalue weighted by atomic mass is 10.2. The molecule has 6 heteroatoms. The third-order valence-corrected chi connectivity index (χ3v) is 3.14. The van der Waals surface area contributed by atoms with Gasteiger partial charge in [0.2, 0.25) is 0 Å². The Hall–Kier alpha value is -1.55. The van der Waals surface area contributed by atoms with Crippen molar-refractivity contribution in [1.82, 2.24) is 0 Å². The fraction of sp³-hybridized carbons (Fsp3) is 0.529. The maximum atomic E-state index is 11.3. The van der Waals surface area contributed by atoms with Crippen molar-refractivity contribution in [2.75, 3.05) is 19.5 Å². The lowest BCUT2D eigenvalue weighted by Crippen LogP contribution is -2.29. The first-order valence-electron chi connectivity index (χ1n) is 7.31. The van der Waals surface area contributed by atoms with E-state index in [0.717, 1.165) is 12.0 Å². The van der Waals surface area contributed by atoms with Gasteiger partial charge in [-0.2, -0.15) is 8.42 Å². The zero-order chi connectivity index (χ0) is 17.3. The van der Waals surface area contributed by atoms with Crippen LogP contribution < -0.4 is 4.74 Å². The zero-order valence-electron chi connectivity index (χ0n) is 14.0. The molecule has 0 saturated heterocycles. The van der Waals surface area contributed by atoms with Gasteiger partial charge in [0, 0.05) is 6.42 Å². The number of benzene rings is 1. The van der Waals surface area contributed by atoms with Crippen LogP contribution in [0.15, 0.2) is 30.3 Å². The van der Waals surface area contributed by atoms with Crippen molar-refractivity contribution in [2.45, 2.75) is 38.9 Å². The Kier molecular flexibility index (Phi) is 7.56. The molecule has 5 nitrogen and oxygen atoms in total. The molecule has 0 saturated carbocycles. The second kappa shape index (κ2) is 8.92. The number of rotatable bonds is 7. The molecular weight excluding hydrogens is 316 g/mol. The van der Waals surface area contributed by atoms with Crippen LogP contribution in [0.25, 0.3) is 0 Å². The minimum absolute atomic E-state index is 0.158. The molecule has 23 heavy (non-hydrogen) atoms. The highest BCUT2D eigenvalue weighted by atomic mass is 32.2. The van der Waals surface area contributed by atoms with Crippen LogP contribution in [0, 0.1) is 11.8 Å². The van der Waals surface area contributed by atoms with Crippen molar-refractivity contribution in [3.05, 3.63) is 30.3 Å². The first-order valence-corrected chi connectivity index (χ1v) is 9.13. The third kappa shape index (κ3) is 10.7. The van der Waals surface area contributed by atoms with Gasteiger partial charge < -0.3 is 9.47 Å². The van der Waals surface area contributed by atoms with Crippen LogP contribution in [-0.4, -0.2) is 39.6 Å². The fourth-order valence-corrected chi connectivity index (χ4v) is 2.20. The highest BCUT2D eigenvalue weighted by molar-refractivity contribution is 7.86. The monoisotopic (exact) mass is 340 g/mol. The Morgan fingerprint density at radius 2 is 1.78 bits per heavy atom. The fourth-order valence-electron chi connectivity index (χ4n) is 1.58. The SMILES string of the molecule is CC(C)(C)OCC(CC#CCOc1ccccc1)OS(C)(=O)=O. The van der Waals surface area contributed by atoms with Gasteiger partial charge in [0.25, 0.3) is 10.1 Å². The summed E-state index contributed by atoms with van der Waals surface area (Å²) in [5.41, 5.74) is -0.372. The van der Waals surface area contributed by atoms with E-state index >= 15 is 0 Å². The lowest BCUT2D eigenvalue weighted by Gasteiger charge is -2.23. The van der Waals surface area contributed by atoms with Crippen molar-refractivity contribution in [2.24, 2.45) is 0 Å². The molecular formula is C17H24O5S. The molecule has 0 radical (unpaired) electrons. The molecule has 0 bridgehead atoms. The Balaban J connectivity index is 2.48. The van der Waals surface area contributed by atoms with Gasteiger partial charge in [0.1, 0.15) is 18.5 Å². The number of hydrogen-bond acceptors (Lipinski definition) is 5. The molecule has 0 aliphatic carbocycles. The van der Waals surface area contributed by atoms with Gasteiger partial charge >= 0.3 is 0 Å². The molecule has 0 aliphatic heterocycles. The van der Waals surface area contributed by atoms with Crippen LogP contribution in [0.1, 0.15) is 27.2 Å². The minimum Gasteiger partial charge on any atom is -0.481 e. The smallest absolute Gasteiger partial charge is 0.264 e. The van der Waals surface area contributed by atoms with Gasteiger partial charge in [0.15, 0.2) is 0 Å². The Morgan fingerprint density at radius 3 is 2.35 bits per heavy atom. The molecule has 1 unspecified atom stereocenters. The summed E-state index contributed by atoms with van der Waals surface area (Å²) in [6, 6.07) is 9.34. The summed E-state index contributed by atoms with van der Waals surface area (Å²) in [7, 11) is -3.56. The standard InChI is InChI=1S/C17H24O5S/c1-17(2,3)21-14-16(22-23(4,18)19)12-8-9-13-20-15-10-6-5-7-11-15/h5-7,10-11,16H,12-14H2,1-4H3. The van der Waals surface area contributed by atoms with E-state index in [2.05, 4.69) is 11.8 Å². The van der Waals surface area contributed by atoms with E-state index in [4.69, 9.17) is 13.7 Å². The van der Waals surface area contributed by atoms with E-state index in [1.54, 1.807) is 0 Å². The highest BCUT2D eigenvalue weighted by Gasteiger charge is 2.19. The van der Waals surface area contributed by atoms with Gasteiger partial charge in [-0.3, -0.25) is 4.18 Å². The van der Waals surface area contributed by atoms with Crippen molar-refractivity contribution < 1.29 is 22.1 Å². The average Bonchev–Trinajstić information content (AvgIpc) is 2.43. The molecule has 0 heterocycles. The second-order valence-electron chi connectivity index (χ2n) is 6.01. The van der Waals surface area contributed by atoms with Crippen LogP contribution in [0.2, 0.25) is 0 Å². The van der Waals surface area contributed by atoms with Gasteiger partial charge in [-0.05, 0) is 32.9 Å². The van der Waals surface area contributed by atoms with Crippen LogP contribution >= 0.6 is 0 Å².